The molecule has 6 heteroatoms. The van der Waals surface area contributed by atoms with Gasteiger partial charge in [-0.25, -0.2) is 4.79 Å². The van der Waals surface area contributed by atoms with E-state index in [1.54, 1.807) is 7.11 Å². The summed E-state index contributed by atoms with van der Waals surface area (Å²) in [5.41, 5.74) is 0.741. The lowest BCUT2D eigenvalue weighted by Crippen LogP contribution is -2.22. The molecule has 1 heterocycles. The molecule has 106 valence electrons. The standard InChI is InChI=1S/C14H14BrNO3S/c1-18-11-6-4-3-5-10(11)16-12(14(17)19-2)13-9(15)7-8-20-13/h3-8,12,16H,1-2H3. The SMILES string of the molecule is COC(=O)C(Nc1ccccc1OC)c1sccc1Br. The van der Waals surface area contributed by atoms with Crippen LogP contribution in [-0.4, -0.2) is 20.2 Å². The van der Waals surface area contributed by atoms with Crippen LogP contribution < -0.4 is 10.1 Å². The number of hydrogen-bond donors (Lipinski definition) is 1. The van der Waals surface area contributed by atoms with Crippen LogP contribution in [0.25, 0.3) is 0 Å². The zero-order valence-electron chi connectivity index (χ0n) is 11.1. The summed E-state index contributed by atoms with van der Waals surface area (Å²) in [7, 11) is 2.97. The largest absolute Gasteiger partial charge is 0.495 e. The molecule has 0 radical (unpaired) electrons. The van der Waals surface area contributed by atoms with E-state index in [1.807, 2.05) is 35.7 Å². The molecule has 0 spiro atoms. The van der Waals surface area contributed by atoms with Crippen LogP contribution >= 0.6 is 27.3 Å². The van der Waals surface area contributed by atoms with Crippen molar-refractivity contribution >= 4 is 38.9 Å². The number of benzene rings is 1. The summed E-state index contributed by atoms with van der Waals surface area (Å²) < 4.78 is 11.0. The van der Waals surface area contributed by atoms with Gasteiger partial charge in [0.2, 0.25) is 0 Å². The van der Waals surface area contributed by atoms with Crippen LogP contribution in [0.2, 0.25) is 0 Å². The summed E-state index contributed by atoms with van der Waals surface area (Å²) in [5, 5.41) is 5.09. The van der Waals surface area contributed by atoms with Gasteiger partial charge in [-0.1, -0.05) is 12.1 Å². The first-order chi connectivity index (χ1) is 9.67. The topological polar surface area (TPSA) is 47.6 Å². The van der Waals surface area contributed by atoms with Crippen molar-refractivity contribution in [3.8, 4) is 5.75 Å². The van der Waals surface area contributed by atoms with Crippen LogP contribution in [-0.2, 0) is 9.53 Å². The van der Waals surface area contributed by atoms with E-state index in [-0.39, 0.29) is 5.97 Å². The van der Waals surface area contributed by atoms with Crippen LogP contribution in [0.15, 0.2) is 40.2 Å². The van der Waals surface area contributed by atoms with Crippen LogP contribution in [0.5, 0.6) is 5.75 Å². The fourth-order valence-corrected chi connectivity index (χ4v) is 3.42. The summed E-state index contributed by atoms with van der Waals surface area (Å²) in [4.78, 5) is 12.9. The number of halogens is 1. The Kier molecular flexibility index (Phi) is 5.03. The Morgan fingerprint density at radius 1 is 1.30 bits per heavy atom. The van der Waals surface area contributed by atoms with Gasteiger partial charge in [-0.15, -0.1) is 11.3 Å². The average Bonchev–Trinajstić information content (AvgIpc) is 2.90. The highest BCUT2D eigenvalue weighted by molar-refractivity contribution is 9.10. The Bertz CT molecular complexity index is 600. The van der Waals surface area contributed by atoms with Crippen molar-refractivity contribution in [2.24, 2.45) is 0 Å². The number of anilines is 1. The van der Waals surface area contributed by atoms with E-state index in [0.29, 0.717) is 5.75 Å². The Labute approximate surface area is 129 Å². The van der Waals surface area contributed by atoms with Crippen molar-refractivity contribution in [1.29, 1.82) is 0 Å². The summed E-state index contributed by atoms with van der Waals surface area (Å²) >= 11 is 4.93. The normalized spacial score (nSPS) is 11.8. The lowest BCUT2D eigenvalue weighted by molar-refractivity contribution is -0.141. The Morgan fingerprint density at radius 2 is 2.05 bits per heavy atom. The van der Waals surface area contributed by atoms with E-state index < -0.39 is 6.04 Å². The summed E-state index contributed by atoms with van der Waals surface area (Å²) in [6.07, 6.45) is 0. The molecule has 2 rings (SSSR count). The molecular weight excluding hydrogens is 342 g/mol. The minimum absolute atomic E-state index is 0.348. The van der Waals surface area contributed by atoms with Gasteiger partial charge in [0, 0.05) is 4.47 Å². The van der Waals surface area contributed by atoms with Gasteiger partial charge in [0.05, 0.1) is 24.8 Å². The van der Waals surface area contributed by atoms with Gasteiger partial charge in [-0.3, -0.25) is 0 Å². The van der Waals surface area contributed by atoms with Crippen molar-refractivity contribution in [3.05, 3.63) is 45.1 Å². The van der Waals surface area contributed by atoms with E-state index in [1.165, 1.54) is 18.4 Å². The fraction of sp³-hybridized carbons (Fsp3) is 0.214. The summed E-state index contributed by atoms with van der Waals surface area (Å²) in [6.45, 7) is 0. The minimum atomic E-state index is -0.578. The van der Waals surface area contributed by atoms with Crippen molar-refractivity contribution in [1.82, 2.24) is 0 Å². The van der Waals surface area contributed by atoms with Gasteiger partial charge < -0.3 is 14.8 Å². The van der Waals surface area contributed by atoms with E-state index >= 15 is 0 Å². The lowest BCUT2D eigenvalue weighted by Gasteiger charge is -2.18. The van der Waals surface area contributed by atoms with Crippen molar-refractivity contribution in [2.75, 3.05) is 19.5 Å². The number of ether oxygens (including phenoxy) is 2. The third kappa shape index (κ3) is 3.13. The smallest absolute Gasteiger partial charge is 0.333 e. The number of carbonyl (C=O) groups excluding carboxylic acids is 1. The zero-order chi connectivity index (χ0) is 14.5. The predicted molar refractivity (Wildman–Crippen MR) is 83.4 cm³/mol. The van der Waals surface area contributed by atoms with Crippen molar-refractivity contribution in [2.45, 2.75) is 6.04 Å². The Balaban J connectivity index is 2.34. The number of carbonyl (C=O) groups is 1. The quantitative estimate of drug-likeness (QED) is 0.827. The van der Waals surface area contributed by atoms with E-state index in [9.17, 15) is 4.79 Å². The number of methoxy groups -OCH3 is 2. The number of hydrogen-bond acceptors (Lipinski definition) is 5. The second-order valence-electron chi connectivity index (χ2n) is 3.93. The first kappa shape index (κ1) is 14.9. The molecule has 1 aromatic carbocycles. The predicted octanol–water partition coefficient (Wildman–Crippen LogP) is 3.85. The number of esters is 1. The maximum Gasteiger partial charge on any atom is 0.333 e. The van der Waals surface area contributed by atoms with Gasteiger partial charge >= 0.3 is 5.97 Å². The molecule has 1 atom stereocenters. The molecule has 0 saturated heterocycles. The molecular formula is C14H14BrNO3S. The Hall–Kier alpha value is -1.53. The van der Waals surface area contributed by atoms with Gasteiger partial charge in [0.25, 0.3) is 0 Å². The molecule has 1 unspecified atom stereocenters. The first-order valence-corrected chi connectivity index (χ1v) is 7.55. The molecule has 0 amide bonds. The summed E-state index contributed by atoms with van der Waals surface area (Å²) in [6, 6.07) is 8.77. The molecule has 0 aliphatic carbocycles. The number of thiophene rings is 1. The van der Waals surface area contributed by atoms with Crippen LogP contribution in [0.3, 0.4) is 0 Å². The molecule has 0 fully saturated rings. The van der Waals surface area contributed by atoms with Gasteiger partial charge in [0.15, 0.2) is 6.04 Å². The molecule has 2 aromatic rings. The van der Waals surface area contributed by atoms with E-state index in [4.69, 9.17) is 9.47 Å². The third-order valence-electron chi connectivity index (χ3n) is 2.75. The maximum absolute atomic E-state index is 12.0. The third-order valence-corrected chi connectivity index (χ3v) is 4.69. The average molecular weight is 356 g/mol. The molecule has 1 N–H and O–H groups in total. The number of rotatable bonds is 5. The minimum Gasteiger partial charge on any atom is -0.495 e. The van der Waals surface area contributed by atoms with Crippen LogP contribution in [0, 0.1) is 0 Å². The highest BCUT2D eigenvalue weighted by atomic mass is 79.9. The van der Waals surface area contributed by atoms with Gasteiger partial charge in [-0.05, 0) is 39.5 Å². The molecule has 4 nitrogen and oxygen atoms in total. The number of nitrogens with one attached hydrogen (secondary N) is 1. The van der Waals surface area contributed by atoms with E-state index in [0.717, 1.165) is 15.0 Å². The van der Waals surface area contributed by atoms with Crippen LogP contribution in [0.4, 0.5) is 5.69 Å². The molecule has 1 aromatic heterocycles. The molecule has 0 aliphatic rings. The van der Waals surface area contributed by atoms with Gasteiger partial charge in [0.1, 0.15) is 5.75 Å². The first-order valence-electron chi connectivity index (χ1n) is 5.87. The lowest BCUT2D eigenvalue weighted by atomic mass is 10.2. The number of para-hydroxylation sites is 2. The zero-order valence-corrected chi connectivity index (χ0v) is 13.5. The second-order valence-corrected chi connectivity index (χ2v) is 5.74. The molecule has 0 bridgehead atoms. The van der Waals surface area contributed by atoms with E-state index in [2.05, 4.69) is 21.2 Å². The highest BCUT2D eigenvalue weighted by Gasteiger charge is 2.25. The van der Waals surface area contributed by atoms with Crippen molar-refractivity contribution < 1.29 is 14.3 Å². The molecule has 0 saturated carbocycles. The summed E-state index contributed by atoms with van der Waals surface area (Å²) in [5.74, 6) is 0.327. The van der Waals surface area contributed by atoms with Crippen LogP contribution in [0.1, 0.15) is 10.9 Å². The molecule has 0 aliphatic heterocycles. The maximum atomic E-state index is 12.0. The van der Waals surface area contributed by atoms with Gasteiger partial charge in [-0.2, -0.15) is 0 Å². The second kappa shape index (κ2) is 6.76. The Morgan fingerprint density at radius 3 is 2.65 bits per heavy atom. The fourth-order valence-electron chi connectivity index (χ4n) is 1.78. The highest BCUT2D eigenvalue weighted by Crippen LogP contribution is 2.34. The van der Waals surface area contributed by atoms with Crippen molar-refractivity contribution in [3.63, 3.8) is 0 Å². The monoisotopic (exact) mass is 355 g/mol. The molecule has 20 heavy (non-hydrogen) atoms.